The van der Waals surface area contributed by atoms with Gasteiger partial charge in [0.2, 0.25) is 0 Å². The second kappa shape index (κ2) is 10.6. The van der Waals surface area contributed by atoms with Crippen molar-refractivity contribution in [3.05, 3.63) is 112 Å². The molecule has 1 fully saturated rings. The van der Waals surface area contributed by atoms with Crippen LogP contribution in [-0.4, -0.2) is 48.2 Å². The fourth-order valence-corrected chi connectivity index (χ4v) is 6.34. The number of nitrogens with zero attached hydrogens (tertiary/aromatic N) is 4. The van der Waals surface area contributed by atoms with Gasteiger partial charge in [-0.3, -0.25) is 4.79 Å². The Balaban J connectivity index is 1.47. The summed E-state index contributed by atoms with van der Waals surface area (Å²) in [6, 6.07) is 19.4. The molecule has 8 nitrogen and oxygen atoms in total. The first-order valence-electron chi connectivity index (χ1n) is 12.9. The van der Waals surface area contributed by atoms with Crippen LogP contribution in [0.1, 0.15) is 11.1 Å². The molecule has 0 amide bonds. The molecule has 40 heavy (non-hydrogen) atoms. The van der Waals surface area contributed by atoms with Gasteiger partial charge in [-0.25, -0.2) is 17.4 Å². The molecule has 6 rings (SSSR count). The Labute approximate surface area is 237 Å². The maximum Gasteiger partial charge on any atom is 0.269 e. The van der Waals surface area contributed by atoms with E-state index in [1.807, 2.05) is 31.2 Å². The Bertz CT molecular complexity index is 1860. The second-order valence-corrected chi connectivity index (χ2v) is 12.1. The van der Waals surface area contributed by atoms with E-state index < -0.39 is 10.0 Å². The standard InChI is InChI=1S/C30H27ClN4O4S/c1-21-2-8-26(9-3-21)40(37,38)35-20-28(27-17-25(18-32-30(27)35)33-12-14-39-15-13-33)23-10-11-34(29(36)16-23)19-22-4-6-24(31)7-5-22/h2-11,16-18,20H,12-15,19H2,1H3. The molecule has 0 saturated carbocycles. The first-order chi connectivity index (χ1) is 19.3. The highest BCUT2D eigenvalue weighted by Crippen LogP contribution is 2.34. The van der Waals surface area contributed by atoms with Crippen molar-refractivity contribution in [1.29, 1.82) is 0 Å². The van der Waals surface area contributed by atoms with Crippen LogP contribution in [0.15, 0.2) is 95.0 Å². The maximum atomic E-state index is 13.8. The summed E-state index contributed by atoms with van der Waals surface area (Å²) in [5, 5.41) is 1.28. The van der Waals surface area contributed by atoms with Gasteiger partial charge in [0.1, 0.15) is 0 Å². The molecule has 1 saturated heterocycles. The molecule has 0 spiro atoms. The predicted molar refractivity (Wildman–Crippen MR) is 157 cm³/mol. The molecule has 0 N–H and O–H groups in total. The van der Waals surface area contributed by atoms with Gasteiger partial charge in [-0.15, -0.1) is 0 Å². The first-order valence-corrected chi connectivity index (χ1v) is 14.7. The van der Waals surface area contributed by atoms with Crippen molar-refractivity contribution in [2.24, 2.45) is 0 Å². The van der Waals surface area contributed by atoms with E-state index in [1.54, 1.807) is 59.6 Å². The van der Waals surface area contributed by atoms with Gasteiger partial charge in [-0.05, 0) is 54.4 Å². The van der Waals surface area contributed by atoms with Crippen LogP contribution in [0.4, 0.5) is 5.69 Å². The Morgan fingerprint density at radius 1 is 0.975 bits per heavy atom. The van der Waals surface area contributed by atoms with Crippen LogP contribution in [0.25, 0.3) is 22.2 Å². The number of aryl methyl sites for hydroxylation is 1. The molecular weight excluding hydrogens is 548 g/mol. The number of fused-ring (bicyclic) bond motifs is 1. The van der Waals surface area contributed by atoms with Crippen LogP contribution in [0, 0.1) is 6.92 Å². The molecule has 0 unspecified atom stereocenters. The molecule has 5 aromatic rings. The highest BCUT2D eigenvalue weighted by molar-refractivity contribution is 7.90. The Morgan fingerprint density at radius 2 is 1.70 bits per heavy atom. The smallest absolute Gasteiger partial charge is 0.269 e. The zero-order valence-electron chi connectivity index (χ0n) is 21.8. The third-order valence-corrected chi connectivity index (χ3v) is 9.04. The van der Waals surface area contributed by atoms with Crippen LogP contribution in [-0.2, 0) is 21.3 Å². The molecule has 0 atom stereocenters. The minimum absolute atomic E-state index is 0.166. The largest absolute Gasteiger partial charge is 0.378 e. The lowest BCUT2D eigenvalue weighted by Crippen LogP contribution is -2.36. The molecule has 0 radical (unpaired) electrons. The fraction of sp³-hybridized carbons (Fsp3) is 0.200. The van der Waals surface area contributed by atoms with Gasteiger partial charge in [-0.1, -0.05) is 41.4 Å². The molecule has 0 bridgehead atoms. The van der Waals surface area contributed by atoms with Gasteiger partial charge in [0.05, 0.1) is 36.5 Å². The van der Waals surface area contributed by atoms with Gasteiger partial charge in [0.15, 0.2) is 5.65 Å². The number of benzene rings is 2. The van der Waals surface area contributed by atoms with Crippen molar-refractivity contribution in [2.45, 2.75) is 18.4 Å². The van der Waals surface area contributed by atoms with E-state index in [9.17, 15) is 13.2 Å². The lowest BCUT2D eigenvalue weighted by Gasteiger charge is -2.28. The number of morpholine rings is 1. The third-order valence-electron chi connectivity index (χ3n) is 7.12. The van der Waals surface area contributed by atoms with Crippen molar-refractivity contribution in [2.75, 3.05) is 31.2 Å². The summed E-state index contributed by atoms with van der Waals surface area (Å²) in [6.45, 7) is 4.95. The Hall–Kier alpha value is -3.92. The van der Waals surface area contributed by atoms with Crippen molar-refractivity contribution < 1.29 is 13.2 Å². The molecule has 3 aromatic heterocycles. The lowest BCUT2D eigenvalue weighted by atomic mass is 10.1. The van der Waals surface area contributed by atoms with Gasteiger partial charge >= 0.3 is 0 Å². The van der Waals surface area contributed by atoms with Crippen molar-refractivity contribution in [3.8, 4) is 11.1 Å². The third kappa shape index (κ3) is 5.03. The molecule has 2 aromatic carbocycles. The molecule has 1 aliphatic heterocycles. The second-order valence-electron chi connectivity index (χ2n) is 9.83. The maximum absolute atomic E-state index is 13.8. The minimum Gasteiger partial charge on any atom is -0.378 e. The summed E-state index contributed by atoms with van der Waals surface area (Å²) in [5.41, 5.74) is 4.11. The number of pyridine rings is 2. The molecule has 1 aliphatic rings. The van der Waals surface area contributed by atoms with Crippen LogP contribution < -0.4 is 10.5 Å². The first kappa shape index (κ1) is 26.3. The Morgan fingerprint density at radius 3 is 2.40 bits per heavy atom. The fourth-order valence-electron chi connectivity index (χ4n) is 4.89. The topological polar surface area (TPSA) is 86.4 Å². The average Bonchev–Trinajstić information content (AvgIpc) is 3.36. The summed E-state index contributed by atoms with van der Waals surface area (Å²) in [5.74, 6) is 0. The highest BCUT2D eigenvalue weighted by Gasteiger charge is 2.24. The van der Waals surface area contributed by atoms with Gasteiger partial charge < -0.3 is 14.2 Å². The zero-order chi connectivity index (χ0) is 27.9. The summed E-state index contributed by atoms with van der Waals surface area (Å²) < 4.78 is 35.8. The molecule has 0 aliphatic carbocycles. The molecular formula is C30H27ClN4O4S. The predicted octanol–water partition coefficient (Wildman–Crippen LogP) is 4.95. The molecule has 10 heteroatoms. The monoisotopic (exact) mass is 574 g/mol. The summed E-state index contributed by atoms with van der Waals surface area (Å²) >= 11 is 6.00. The molecule has 4 heterocycles. The van der Waals surface area contributed by atoms with Gasteiger partial charge in [0, 0.05) is 47.5 Å². The van der Waals surface area contributed by atoms with Gasteiger partial charge in [0.25, 0.3) is 15.6 Å². The summed E-state index contributed by atoms with van der Waals surface area (Å²) in [4.78, 5) is 20.1. The Kier molecular flexibility index (Phi) is 6.95. The number of hydrogen-bond donors (Lipinski definition) is 0. The number of hydrogen-bond acceptors (Lipinski definition) is 6. The van der Waals surface area contributed by atoms with Crippen LogP contribution >= 0.6 is 11.6 Å². The van der Waals surface area contributed by atoms with E-state index in [2.05, 4.69) is 9.88 Å². The number of rotatable bonds is 6. The van der Waals surface area contributed by atoms with E-state index in [-0.39, 0.29) is 10.5 Å². The van der Waals surface area contributed by atoms with Crippen LogP contribution in [0.2, 0.25) is 5.02 Å². The quantitative estimate of drug-likeness (QED) is 0.285. The summed E-state index contributed by atoms with van der Waals surface area (Å²) in [6.07, 6.45) is 4.99. The van der Waals surface area contributed by atoms with Crippen molar-refractivity contribution in [3.63, 3.8) is 0 Å². The normalized spacial score (nSPS) is 14.1. The van der Waals surface area contributed by atoms with E-state index in [1.165, 1.54) is 10.0 Å². The van der Waals surface area contributed by atoms with Gasteiger partial charge in [-0.2, -0.15) is 0 Å². The molecule has 204 valence electrons. The van der Waals surface area contributed by atoms with Crippen LogP contribution in [0.3, 0.4) is 0 Å². The van der Waals surface area contributed by atoms with E-state index in [0.29, 0.717) is 60.0 Å². The number of halogens is 1. The van der Waals surface area contributed by atoms with E-state index >= 15 is 0 Å². The number of ether oxygens (including phenoxy) is 1. The average molecular weight is 575 g/mol. The van der Waals surface area contributed by atoms with Crippen LogP contribution in [0.5, 0.6) is 0 Å². The van der Waals surface area contributed by atoms with E-state index in [4.69, 9.17) is 16.3 Å². The number of aromatic nitrogens is 3. The lowest BCUT2D eigenvalue weighted by molar-refractivity contribution is 0.122. The van der Waals surface area contributed by atoms with E-state index in [0.717, 1.165) is 16.8 Å². The SMILES string of the molecule is Cc1ccc(S(=O)(=O)n2cc(-c3ccn(Cc4ccc(Cl)cc4)c(=O)c3)c3cc(N4CCOCC4)cnc32)cc1. The van der Waals surface area contributed by atoms with Crippen molar-refractivity contribution >= 4 is 38.3 Å². The number of anilines is 1. The highest BCUT2D eigenvalue weighted by atomic mass is 35.5. The summed E-state index contributed by atoms with van der Waals surface area (Å²) in [7, 11) is -3.94. The van der Waals surface area contributed by atoms with Crippen molar-refractivity contribution in [1.82, 2.24) is 13.5 Å². The minimum atomic E-state index is -3.94. The zero-order valence-corrected chi connectivity index (χ0v) is 23.4.